The van der Waals surface area contributed by atoms with E-state index in [0.717, 1.165) is 0 Å². The minimum atomic E-state index is -0.352. The second-order valence-corrected chi connectivity index (χ2v) is 5.14. The first-order chi connectivity index (χ1) is 11.7. The maximum absolute atomic E-state index is 13.0. The van der Waals surface area contributed by atoms with Crippen LogP contribution in [-0.4, -0.2) is 22.5 Å². The predicted octanol–water partition coefficient (Wildman–Crippen LogP) is 2.99. The number of carbonyl (C=O) groups excluding carboxylic acids is 1. The summed E-state index contributed by atoms with van der Waals surface area (Å²) < 4.78 is 25.0. The molecule has 24 heavy (non-hydrogen) atoms. The number of hydrogen-bond donors (Lipinski definition) is 1. The van der Waals surface area contributed by atoms with Crippen LogP contribution in [-0.2, 0) is 0 Å². The van der Waals surface area contributed by atoms with Gasteiger partial charge in [-0.2, -0.15) is 5.10 Å². The third kappa shape index (κ3) is 2.67. The van der Waals surface area contributed by atoms with E-state index >= 15 is 0 Å². The zero-order chi connectivity index (χ0) is 16.5. The van der Waals surface area contributed by atoms with Gasteiger partial charge in [0, 0.05) is 18.0 Å². The van der Waals surface area contributed by atoms with E-state index in [1.807, 2.05) is 0 Å². The van der Waals surface area contributed by atoms with E-state index in [0.29, 0.717) is 22.9 Å². The molecule has 0 unspecified atom stereocenters. The highest BCUT2D eigenvalue weighted by Gasteiger charge is 2.15. The maximum Gasteiger partial charge on any atom is 0.276 e. The Morgan fingerprint density at radius 1 is 1.08 bits per heavy atom. The van der Waals surface area contributed by atoms with Crippen LogP contribution in [0.25, 0.3) is 5.69 Å². The average Bonchev–Trinajstić information content (AvgIpc) is 3.24. The molecule has 1 aliphatic heterocycles. The van der Waals surface area contributed by atoms with Gasteiger partial charge in [0.15, 0.2) is 17.2 Å². The second kappa shape index (κ2) is 5.69. The lowest BCUT2D eigenvalue weighted by atomic mass is 10.2. The van der Waals surface area contributed by atoms with Crippen molar-refractivity contribution >= 4 is 11.6 Å². The number of anilines is 1. The van der Waals surface area contributed by atoms with E-state index in [4.69, 9.17) is 9.47 Å². The highest BCUT2D eigenvalue weighted by atomic mass is 19.1. The van der Waals surface area contributed by atoms with Gasteiger partial charge in [-0.1, -0.05) is 0 Å². The standard InChI is InChI=1S/C17H12FN3O3/c18-11-1-4-13(5-2-11)21-8-7-14(20-21)17(22)19-12-3-6-15-16(9-12)24-10-23-15/h1-9H,10H2,(H,19,22). The van der Waals surface area contributed by atoms with Gasteiger partial charge >= 0.3 is 0 Å². The molecule has 4 rings (SSSR count). The van der Waals surface area contributed by atoms with Gasteiger partial charge in [0.05, 0.1) is 5.69 Å². The minimum Gasteiger partial charge on any atom is -0.454 e. The van der Waals surface area contributed by atoms with Gasteiger partial charge in [-0.3, -0.25) is 4.79 Å². The Kier molecular flexibility index (Phi) is 3.38. The number of benzene rings is 2. The van der Waals surface area contributed by atoms with Gasteiger partial charge in [0.2, 0.25) is 6.79 Å². The molecule has 1 amide bonds. The van der Waals surface area contributed by atoms with Crippen molar-refractivity contribution in [2.24, 2.45) is 0 Å². The van der Waals surface area contributed by atoms with Gasteiger partial charge in [-0.15, -0.1) is 0 Å². The van der Waals surface area contributed by atoms with Gasteiger partial charge in [0.1, 0.15) is 5.82 Å². The molecule has 2 heterocycles. The monoisotopic (exact) mass is 325 g/mol. The molecule has 1 aromatic heterocycles. The van der Waals surface area contributed by atoms with E-state index in [-0.39, 0.29) is 24.2 Å². The summed E-state index contributed by atoms with van der Waals surface area (Å²) in [4.78, 5) is 12.3. The molecule has 0 bridgehead atoms. The molecule has 1 aliphatic rings. The molecule has 2 aromatic carbocycles. The molecule has 120 valence electrons. The largest absolute Gasteiger partial charge is 0.454 e. The number of aromatic nitrogens is 2. The van der Waals surface area contributed by atoms with Crippen molar-refractivity contribution in [3.05, 3.63) is 66.2 Å². The predicted molar refractivity (Wildman–Crippen MR) is 84.0 cm³/mol. The molecule has 7 heteroatoms. The summed E-state index contributed by atoms with van der Waals surface area (Å²) >= 11 is 0. The van der Waals surface area contributed by atoms with Gasteiger partial charge in [-0.05, 0) is 42.5 Å². The van der Waals surface area contributed by atoms with E-state index in [1.54, 1.807) is 42.6 Å². The number of rotatable bonds is 3. The fourth-order valence-electron chi connectivity index (χ4n) is 2.35. The first kappa shape index (κ1) is 14.3. The summed E-state index contributed by atoms with van der Waals surface area (Å²) in [5.74, 6) is 0.555. The van der Waals surface area contributed by atoms with Gasteiger partial charge in [-0.25, -0.2) is 9.07 Å². The molecular weight excluding hydrogens is 313 g/mol. The zero-order valence-corrected chi connectivity index (χ0v) is 12.4. The highest BCUT2D eigenvalue weighted by molar-refractivity contribution is 6.03. The van der Waals surface area contributed by atoms with Crippen LogP contribution in [0.5, 0.6) is 11.5 Å². The molecule has 1 N–H and O–H groups in total. The summed E-state index contributed by atoms with van der Waals surface area (Å²) in [6.45, 7) is 0.175. The summed E-state index contributed by atoms with van der Waals surface area (Å²) in [6, 6.07) is 12.6. The van der Waals surface area contributed by atoms with Crippen molar-refractivity contribution in [3.63, 3.8) is 0 Å². The van der Waals surface area contributed by atoms with E-state index in [9.17, 15) is 9.18 Å². The van der Waals surface area contributed by atoms with Gasteiger partial charge < -0.3 is 14.8 Å². The Bertz CT molecular complexity index is 906. The number of nitrogens with one attached hydrogen (secondary N) is 1. The normalized spacial score (nSPS) is 12.2. The lowest BCUT2D eigenvalue weighted by Gasteiger charge is -2.04. The lowest BCUT2D eigenvalue weighted by molar-refractivity contribution is 0.102. The fraction of sp³-hybridized carbons (Fsp3) is 0.0588. The molecule has 0 saturated heterocycles. The van der Waals surface area contributed by atoms with Crippen molar-refractivity contribution in [1.29, 1.82) is 0 Å². The Morgan fingerprint density at radius 3 is 2.71 bits per heavy atom. The first-order valence-electron chi connectivity index (χ1n) is 7.22. The van der Waals surface area contributed by atoms with Crippen molar-refractivity contribution in [1.82, 2.24) is 9.78 Å². The Balaban J connectivity index is 1.52. The minimum absolute atomic E-state index is 0.175. The van der Waals surface area contributed by atoms with Crippen molar-refractivity contribution < 1.29 is 18.7 Å². The average molecular weight is 325 g/mol. The van der Waals surface area contributed by atoms with Crippen LogP contribution < -0.4 is 14.8 Å². The van der Waals surface area contributed by atoms with Crippen LogP contribution in [0.2, 0.25) is 0 Å². The van der Waals surface area contributed by atoms with E-state index in [1.165, 1.54) is 16.8 Å². The Hall–Kier alpha value is -3.35. The molecule has 3 aromatic rings. The van der Waals surface area contributed by atoms with Crippen LogP contribution in [0.15, 0.2) is 54.7 Å². The lowest BCUT2D eigenvalue weighted by Crippen LogP contribution is -2.13. The molecule has 0 spiro atoms. The molecule has 0 saturated carbocycles. The summed E-state index contributed by atoms with van der Waals surface area (Å²) in [6.07, 6.45) is 1.64. The molecule has 0 atom stereocenters. The molecule has 0 fully saturated rings. The van der Waals surface area contributed by atoms with Crippen molar-refractivity contribution in [2.45, 2.75) is 0 Å². The van der Waals surface area contributed by atoms with Crippen molar-refractivity contribution in [3.8, 4) is 17.2 Å². The number of carbonyl (C=O) groups is 1. The number of amides is 1. The van der Waals surface area contributed by atoms with Gasteiger partial charge in [0.25, 0.3) is 5.91 Å². The number of hydrogen-bond acceptors (Lipinski definition) is 4. The summed E-state index contributed by atoms with van der Waals surface area (Å²) in [7, 11) is 0. The van der Waals surface area contributed by atoms with Crippen LogP contribution >= 0.6 is 0 Å². The SMILES string of the molecule is O=C(Nc1ccc2c(c1)OCO2)c1ccn(-c2ccc(F)cc2)n1. The zero-order valence-electron chi connectivity index (χ0n) is 12.4. The molecule has 6 nitrogen and oxygen atoms in total. The Morgan fingerprint density at radius 2 is 1.88 bits per heavy atom. The number of fused-ring (bicyclic) bond motifs is 1. The molecule has 0 radical (unpaired) electrons. The fourth-order valence-corrected chi connectivity index (χ4v) is 2.35. The Labute approximate surface area is 136 Å². The third-order valence-corrected chi connectivity index (χ3v) is 3.54. The number of halogens is 1. The smallest absolute Gasteiger partial charge is 0.276 e. The molecule has 0 aliphatic carbocycles. The second-order valence-electron chi connectivity index (χ2n) is 5.14. The third-order valence-electron chi connectivity index (χ3n) is 3.54. The maximum atomic E-state index is 13.0. The summed E-state index contributed by atoms with van der Waals surface area (Å²) in [5.41, 5.74) is 1.50. The number of nitrogens with zero attached hydrogens (tertiary/aromatic N) is 2. The van der Waals surface area contributed by atoms with Crippen LogP contribution in [0.3, 0.4) is 0 Å². The molecular formula is C17H12FN3O3. The number of ether oxygens (including phenoxy) is 2. The van der Waals surface area contributed by atoms with Crippen LogP contribution in [0, 0.1) is 5.82 Å². The summed E-state index contributed by atoms with van der Waals surface area (Å²) in [5, 5.41) is 6.96. The first-order valence-corrected chi connectivity index (χ1v) is 7.22. The van der Waals surface area contributed by atoms with Crippen molar-refractivity contribution in [2.75, 3.05) is 12.1 Å². The van der Waals surface area contributed by atoms with E-state index < -0.39 is 0 Å². The van der Waals surface area contributed by atoms with Crippen LogP contribution in [0.1, 0.15) is 10.5 Å². The highest BCUT2D eigenvalue weighted by Crippen LogP contribution is 2.34. The quantitative estimate of drug-likeness (QED) is 0.804. The van der Waals surface area contributed by atoms with E-state index in [2.05, 4.69) is 10.4 Å². The topological polar surface area (TPSA) is 65.4 Å². The van der Waals surface area contributed by atoms with Crippen LogP contribution in [0.4, 0.5) is 10.1 Å².